The fraction of sp³-hybridized carbons (Fsp3) is 0.412. The normalized spacial score (nSPS) is 16.8. The number of hydrogen-bond acceptors (Lipinski definition) is 4. The first-order valence-electron chi connectivity index (χ1n) is 8.01. The second kappa shape index (κ2) is 7.92. The summed E-state index contributed by atoms with van der Waals surface area (Å²) in [5, 5.41) is 7.13. The molecule has 2 heterocycles. The minimum absolute atomic E-state index is 0.0888. The highest BCUT2D eigenvalue weighted by molar-refractivity contribution is 9.10. The summed E-state index contributed by atoms with van der Waals surface area (Å²) in [5.41, 5.74) is 1.99. The molecule has 6 nitrogen and oxygen atoms in total. The van der Waals surface area contributed by atoms with E-state index in [0.29, 0.717) is 0 Å². The van der Waals surface area contributed by atoms with Crippen LogP contribution in [0.25, 0.3) is 0 Å². The highest BCUT2D eigenvalue weighted by Gasteiger charge is 2.16. The molecule has 0 spiro atoms. The summed E-state index contributed by atoms with van der Waals surface area (Å²) in [5.74, 6) is -0.0888. The first kappa shape index (κ1) is 17.1. The summed E-state index contributed by atoms with van der Waals surface area (Å²) < 4.78 is 7.87. The molecule has 1 aromatic carbocycles. The molecular weight excluding hydrogens is 372 g/mol. The number of benzene rings is 1. The summed E-state index contributed by atoms with van der Waals surface area (Å²) in [6.07, 6.45) is 3.46. The van der Waals surface area contributed by atoms with Crippen LogP contribution in [0.4, 0.5) is 5.69 Å². The van der Waals surface area contributed by atoms with Gasteiger partial charge in [0.1, 0.15) is 6.04 Å². The molecule has 1 atom stereocenters. The molecular formula is C17H21BrN4O2. The van der Waals surface area contributed by atoms with Gasteiger partial charge in [0, 0.05) is 31.5 Å². The van der Waals surface area contributed by atoms with Crippen molar-refractivity contribution in [2.45, 2.75) is 19.5 Å². The number of carbonyl (C=O) groups is 1. The highest BCUT2D eigenvalue weighted by Crippen LogP contribution is 2.17. The van der Waals surface area contributed by atoms with Gasteiger partial charge in [-0.1, -0.05) is 12.1 Å². The molecule has 0 radical (unpaired) electrons. The maximum absolute atomic E-state index is 12.4. The van der Waals surface area contributed by atoms with Gasteiger partial charge >= 0.3 is 0 Å². The van der Waals surface area contributed by atoms with E-state index in [1.54, 1.807) is 17.1 Å². The van der Waals surface area contributed by atoms with Gasteiger partial charge < -0.3 is 10.1 Å². The molecule has 2 aromatic rings. The van der Waals surface area contributed by atoms with Crippen LogP contribution in [-0.4, -0.2) is 46.9 Å². The summed E-state index contributed by atoms with van der Waals surface area (Å²) in [6, 6.07) is 7.62. The number of carbonyl (C=O) groups excluding carboxylic acids is 1. The molecule has 1 aliphatic rings. The largest absolute Gasteiger partial charge is 0.379 e. The number of ether oxygens (including phenoxy) is 1. The van der Waals surface area contributed by atoms with Gasteiger partial charge in [-0.25, -0.2) is 0 Å². The number of aromatic nitrogens is 2. The van der Waals surface area contributed by atoms with Gasteiger partial charge in [-0.15, -0.1) is 0 Å². The van der Waals surface area contributed by atoms with Crippen LogP contribution in [0.2, 0.25) is 0 Å². The van der Waals surface area contributed by atoms with E-state index in [2.05, 4.69) is 37.3 Å². The van der Waals surface area contributed by atoms with Crippen molar-refractivity contribution in [3.05, 3.63) is 46.7 Å². The van der Waals surface area contributed by atoms with E-state index in [1.807, 2.05) is 25.1 Å². The summed E-state index contributed by atoms with van der Waals surface area (Å²) in [7, 11) is 0. The van der Waals surface area contributed by atoms with Gasteiger partial charge in [-0.2, -0.15) is 5.10 Å². The van der Waals surface area contributed by atoms with E-state index in [-0.39, 0.29) is 11.9 Å². The number of rotatable bonds is 5. The van der Waals surface area contributed by atoms with Crippen LogP contribution in [0.15, 0.2) is 41.1 Å². The SMILES string of the molecule is CC(C(=O)Nc1cccc(CN2CCOCC2)c1)n1cc(Br)cn1. The van der Waals surface area contributed by atoms with E-state index in [4.69, 9.17) is 4.74 Å². The Morgan fingerprint density at radius 2 is 2.21 bits per heavy atom. The Morgan fingerprint density at radius 3 is 2.92 bits per heavy atom. The second-order valence-electron chi connectivity index (χ2n) is 5.89. The van der Waals surface area contributed by atoms with E-state index in [9.17, 15) is 4.79 Å². The lowest BCUT2D eigenvalue weighted by atomic mass is 10.1. The van der Waals surface area contributed by atoms with Crippen molar-refractivity contribution in [1.29, 1.82) is 0 Å². The second-order valence-corrected chi connectivity index (χ2v) is 6.81. The Labute approximate surface area is 149 Å². The van der Waals surface area contributed by atoms with Gasteiger partial charge in [0.05, 0.1) is 23.9 Å². The van der Waals surface area contributed by atoms with E-state index in [1.165, 1.54) is 5.56 Å². The zero-order valence-corrected chi connectivity index (χ0v) is 15.2. The molecule has 128 valence electrons. The van der Waals surface area contributed by atoms with Crippen LogP contribution in [0.5, 0.6) is 0 Å². The van der Waals surface area contributed by atoms with Crippen LogP contribution in [0.3, 0.4) is 0 Å². The summed E-state index contributed by atoms with van der Waals surface area (Å²) >= 11 is 3.34. The zero-order valence-electron chi connectivity index (χ0n) is 13.6. The van der Waals surface area contributed by atoms with E-state index in [0.717, 1.165) is 43.0 Å². The molecule has 0 saturated carbocycles. The van der Waals surface area contributed by atoms with Crippen molar-refractivity contribution in [2.24, 2.45) is 0 Å². The molecule has 1 aliphatic heterocycles. The molecule has 0 bridgehead atoms. The molecule has 3 rings (SSSR count). The Bertz CT molecular complexity index is 697. The maximum Gasteiger partial charge on any atom is 0.248 e. The van der Waals surface area contributed by atoms with Gasteiger partial charge in [0.2, 0.25) is 5.91 Å². The number of amides is 1. The zero-order chi connectivity index (χ0) is 16.9. The van der Waals surface area contributed by atoms with Crippen LogP contribution in [-0.2, 0) is 16.1 Å². The Morgan fingerprint density at radius 1 is 1.42 bits per heavy atom. The number of halogens is 1. The fourth-order valence-corrected chi connectivity index (χ4v) is 2.96. The third-order valence-corrected chi connectivity index (χ3v) is 4.46. The number of nitrogens with zero attached hydrogens (tertiary/aromatic N) is 3. The molecule has 1 fully saturated rings. The molecule has 24 heavy (non-hydrogen) atoms. The molecule has 1 unspecified atom stereocenters. The average molecular weight is 393 g/mol. The monoisotopic (exact) mass is 392 g/mol. The first-order valence-corrected chi connectivity index (χ1v) is 8.81. The first-order chi connectivity index (χ1) is 11.6. The predicted molar refractivity (Wildman–Crippen MR) is 95.8 cm³/mol. The number of nitrogens with one attached hydrogen (secondary N) is 1. The van der Waals surface area contributed by atoms with Crippen molar-refractivity contribution in [2.75, 3.05) is 31.6 Å². The van der Waals surface area contributed by atoms with Crippen LogP contribution in [0, 0.1) is 0 Å². The molecule has 1 aromatic heterocycles. The maximum atomic E-state index is 12.4. The fourth-order valence-electron chi connectivity index (χ4n) is 2.66. The third kappa shape index (κ3) is 4.43. The van der Waals surface area contributed by atoms with Gasteiger partial charge in [0.25, 0.3) is 0 Å². The van der Waals surface area contributed by atoms with Crippen LogP contribution >= 0.6 is 15.9 Å². The Kier molecular flexibility index (Phi) is 5.65. The van der Waals surface area contributed by atoms with Gasteiger partial charge in [-0.05, 0) is 40.5 Å². The van der Waals surface area contributed by atoms with E-state index < -0.39 is 0 Å². The van der Waals surface area contributed by atoms with Crippen LogP contribution in [0.1, 0.15) is 18.5 Å². The quantitative estimate of drug-likeness (QED) is 0.849. The predicted octanol–water partition coefficient (Wildman–Crippen LogP) is 2.68. The average Bonchev–Trinajstić information content (AvgIpc) is 3.02. The minimum Gasteiger partial charge on any atom is -0.379 e. The highest BCUT2D eigenvalue weighted by atomic mass is 79.9. The van der Waals surface area contributed by atoms with Crippen molar-refractivity contribution in [3.8, 4) is 0 Å². The van der Waals surface area contributed by atoms with Gasteiger partial charge in [0.15, 0.2) is 0 Å². The van der Waals surface area contributed by atoms with Crippen molar-refractivity contribution >= 4 is 27.5 Å². The summed E-state index contributed by atoms with van der Waals surface area (Å²) in [4.78, 5) is 14.8. The van der Waals surface area contributed by atoms with Gasteiger partial charge in [-0.3, -0.25) is 14.4 Å². The third-order valence-electron chi connectivity index (χ3n) is 4.05. The Hall–Kier alpha value is -1.70. The minimum atomic E-state index is -0.376. The topological polar surface area (TPSA) is 59.4 Å². The number of hydrogen-bond donors (Lipinski definition) is 1. The Balaban J connectivity index is 1.62. The van der Waals surface area contributed by atoms with Crippen molar-refractivity contribution in [1.82, 2.24) is 14.7 Å². The standard InChI is InChI=1S/C17H21BrN4O2/c1-13(22-12-15(18)10-19-22)17(23)20-16-4-2-3-14(9-16)11-21-5-7-24-8-6-21/h2-4,9-10,12-13H,5-8,11H2,1H3,(H,20,23). The van der Waals surface area contributed by atoms with Crippen molar-refractivity contribution in [3.63, 3.8) is 0 Å². The number of anilines is 1. The molecule has 1 amide bonds. The lowest BCUT2D eigenvalue weighted by molar-refractivity contribution is -0.119. The van der Waals surface area contributed by atoms with E-state index >= 15 is 0 Å². The van der Waals surface area contributed by atoms with Crippen LogP contribution < -0.4 is 5.32 Å². The smallest absolute Gasteiger partial charge is 0.248 e. The van der Waals surface area contributed by atoms with Crippen molar-refractivity contribution < 1.29 is 9.53 Å². The lowest BCUT2D eigenvalue weighted by Gasteiger charge is -2.26. The molecule has 1 N–H and O–H groups in total. The number of morpholine rings is 1. The molecule has 1 saturated heterocycles. The summed E-state index contributed by atoms with van der Waals surface area (Å²) in [6.45, 7) is 6.16. The lowest BCUT2D eigenvalue weighted by Crippen LogP contribution is -2.35. The molecule has 7 heteroatoms. The molecule has 0 aliphatic carbocycles.